The molecule has 0 spiro atoms. The van der Waals surface area contributed by atoms with Gasteiger partial charge < -0.3 is 39.4 Å². The van der Waals surface area contributed by atoms with E-state index in [4.69, 9.17) is 18.9 Å². The minimum Gasteiger partial charge on any atom is -0.507 e. The number of fused-ring (bicyclic) bond motifs is 4. The van der Waals surface area contributed by atoms with E-state index in [0.29, 0.717) is 24.0 Å². The van der Waals surface area contributed by atoms with Gasteiger partial charge in [-0.2, -0.15) is 0 Å². The summed E-state index contributed by atoms with van der Waals surface area (Å²) in [7, 11) is 0. The molecule has 2 aliphatic carbocycles. The molecule has 0 radical (unpaired) electrons. The molecule has 2 fully saturated rings. The number of carbonyl (C=O) groups is 3. The van der Waals surface area contributed by atoms with E-state index in [2.05, 4.69) is 0 Å². The van der Waals surface area contributed by atoms with Gasteiger partial charge in [-0.05, 0) is 45.2 Å². The second-order valence-electron chi connectivity index (χ2n) is 11.2. The van der Waals surface area contributed by atoms with Crippen LogP contribution < -0.4 is 0 Å². The smallest absolute Gasteiger partial charge is 0.305 e. The molecule has 11 heteroatoms. The maximum Gasteiger partial charge on any atom is 0.305 e. The highest BCUT2D eigenvalue weighted by Gasteiger charge is 2.63. The van der Waals surface area contributed by atoms with Crippen LogP contribution in [-0.2, 0) is 30.2 Å². The summed E-state index contributed by atoms with van der Waals surface area (Å²) in [4.78, 5) is 39.2. The lowest BCUT2D eigenvalue weighted by Crippen LogP contribution is -2.67. The number of carboxylic acid groups (broad SMARTS) is 1. The lowest BCUT2D eigenvalue weighted by molar-refractivity contribution is -0.291. The van der Waals surface area contributed by atoms with Gasteiger partial charge in [0.1, 0.15) is 11.4 Å². The van der Waals surface area contributed by atoms with E-state index in [9.17, 15) is 34.8 Å². The first-order chi connectivity index (χ1) is 18.4. The van der Waals surface area contributed by atoms with Gasteiger partial charge in [0.25, 0.3) is 0 Å². The van der Waals surface area contributed by atoms with Crippen molar-refractivity contribution < 1.29 is 53.8 Å². The minimum absolute atomic E-state index is 0.00136. The van der Waals surface area contributed by atoms with Crippen LogP contribution in [0.4, 0.5) is 0 Å². The van der Waals surface area contributed by atoms with Gasteiger partial charge in [-0.1, -0.05) is 0 Å². The summed E-state index contributed by atoms with van der Waals surface area (Å²) < 4.78 is 23.7. The van der Waals surface area contributed by atoms with Crippen LogP contribution in [0.5, 0.6) is 5.75 Å². The first-order valence-corrected chi connectivity index (χ1v) is 13.4. The monoisotopic (exact) mass is 544 g/mol. The van der Waals surface area contributed by atoms with Crippen molar-refractivity contribution in [3.63, 3.8) is 0 Å². The fraction of sp³-hybridized carbons (Fsp3) is 0.607. The molecule has 0 saturated carbocycles. The predicted molar refractivity (Wildman–Crippen MR) is 131 cm³/mol. The van der Waals surface area contributed by atoms with Crippen LogP contribution in [0.3, 0.4) is 0 Å². The first-order valence-electron chi connectivity index (χ1n) is 13.4. The highest BCUT2D eigenvalue weighted by Crippen LogP contribution is 2.53. The van der Waals surface area contributed by atoms with Crippen molar-refractivity contribution in [2.24, 2.45) is 0 Å². The average Bonchev–Trinajstić information content (AvgIpc) is 2.84. The van der Waals surface area contributed by atoms with Gasteiger partial charge >= 0.3 is 5.97 Å². The highest BCUT2D eigenvalue weighted by atomic mass is 16.7. The zero-order valence-corrected chi connectivity index (χ0v) is 21.9. The zero-order chi connectivity index (χ0) is 28.0. The quantitative estimate of drug-likeness (QED) is 0.435. The molecular formula is C28H32O11. The van der Waals surface area contributed by atoms with Crippen molar-refractivity contribution in [1.29, 1.82) is 0 Å². The van der Waals surface area contributed by atoms with Crippen LogP contribution in [0.25, 0.3) is 0 Å². The summed E-state index contributed by atoms with van der Waals surface area (Å²) in [5.74, 6) is -2.63. The summed E-state index contributed by atoms with van der Waals surface area (Å²) >= 11 is 0. The zero-order valence-electron chi connectivity index (χ0n) is 21.9. The van der Waals surface area contributed by atoms with E-state index in [1.165, 1.54) is 6.07 Å². The van der Waals surface area contributed by atoms with Gasteiger partial charge in [0.05, 0.1) is 54.7 Å². The number of phenols is 1. The van der Waals surface area contributed by atoms with Crippen molar-refractivity contribution in [2.75, 3.05) is 0 Å². The minimum atomic E-state index is -1.98. The van der Waals surface area contributed by atoms with Crippen LogP contribution in [0.2, 0.25) is 0 Å². The number of rotatable bonds is 4. The van der Waals surface area contributed by atoms with Gasteiger partial charge in [-0.25, -0.2) is 0 Å². The van der Waals surface area contributed by atoms with E-state index >= 15 is 0 Å². The summed E-state index contributed by atoms with van der Waals surface area (Å²) in [5.41, 5.74) is -1.39. The molecule has 4 unspecified atom stereocenters. The number of Topliss-reactive ketones (excluding diaryl/α,β-unsaturated/α-hetero) is 2. The van der Waals surface area contributed by atoms with Crippen molar-refractivity contribution >= 4 is 17.5 Å². The second-order valence-corrected chi connectivity index (χ2v) is 11.2. The third-order valence-corrected chi connectivity index (χ3v) is 8.84. The fourth-order valence-corrected chi connectivity index (χ4v) is 6.92. The third-order valence-electron chi connectivity index (χ3n) is 8.84. The predicted octanol–water partition coefficient (Wildman–Crippen LogP) is 1.74. The summed E-state index contributed by atoms with van der Waals surface area (Å²) in [5, 5.41) is 42.6. The molecule has 1 aromatic rings. The fourth-order valence-electron chi connectivity index (χ4n) is 6.92. The third kappa shape index (κ3) is 3.90. The normalized spacial score (nSPS) is 39.3. The Morgan fingerprint density at radius 3 is 2.56 bits per heavy atom. The standard InChI is InChI=1S/C28H32O11/c1-10-16(29)4-5-20(37-10)39-18-9-17-23-24(28(18,35)12(3)38-17)27(34)22-15(25(23)32)7-13-6-14(8-19(30)31)36-11(2)21(13)26(22)33/h7,10-12,14,16-18,20,29,33,35H,4-6,8-9H2,1-3H3,(H,30,31)/t10?,11-,12-,14+,16?,17+,18?,20+,28?/m1/s1. The molecule has 2 saturated heterocycles. The number of hydrogen-bond donors (Lipinski definition) is 4. The van der Waals surface area contributed by atoms with E-state index in [1.807, 2.05) is 0 Å². The van der Waals surface area contributed by atoms with Gasteiger partial charge in [0.15, 0.2) is 17.9 Å². The number of ether oxygens (including phenoxy) is 4. The number of aliphatic hydroxyl groups is 2. The number of benzene rings is 1. The van der Waals surface area contributed by atoms with E-state index in [-0.39, 0.29) is 41.5 Å². The maximum atomic E-state index is 14.1. The Balaban J connectivity index is 1.39. The SMILES string of the molecule is CC1O[C@@H](OC2C[C@@H]3O[C@H](C)C2(O)C2=C3C(=O)c3cc4c(c(O)c3C2=O)[C@@H](C)O[C@H](CC(=O)O)C4)CCC1O. The molecule has 210 valence electrons. The highest BCUT2D eigenvalue weighted by molar-refractivity contribution is 6.29. The van der Waals surface area contributed by atoms with Crippen molar-refractivity contribution in [2.45, 2.75) is 107 Å². The molecule has 0 aromatic heterocycles. The Labute approximate surface area is 224 Å². The van der Waals surface area contributed by atoms with Crippen molar-refractivity contribution in [1.82, 2.24) is 0 Å². The number of carboxylic acids is 1. The molecule has 4 heterocycles. The number of aliphatic carboxylic acids is 1. The summed E-state index contributed by atoms with van der Waals surface area (Å²) in [6.45, 7) is 4.99. The largest absolute Gasteiger partial charge is 0.507 e. The Morgan fingerprint density at radius 2 is 1.87 bits per heavy atom. The molecule has 39 heavy (non-hydrogen) atoms. The molecule has 11 nitrogen and oxygen atoms in total. The summed E-state index contributed by atoms with van der Waals surface area (Å²) in [6, 6.07) is 1.54. The van der Waals surface area contributed by atoms with Crippen molar-refractivity contribution in [3.05, 3.63) is 39.5 Å². The molecule has 9 atom stereocenters. The second kappa shape index (κ2) is 9.18. The van der Waals surface area contributed by atoms with Crippen LogP contribution in [-0.4, -0.2) is 86.5 Å². The Kier molecular flexibility index (Phi) is 6.25. The molecule has 7 rings (SSSR count). The van der Waals surface area contributed by atoms with Crippen LogP contribution in [0, 0.1) is 0 Å². The van der Waals surface area contributed by atoms with E-state index in [1.54, 1.807) is 20.8 Å². The topological polar surface area (TPSA) is 169 Å². The molecule has 4 N–H and O–H groups in total. The van der Waals surface area contributed by atoms with Gasteiger partial charge in [-0.3, -0.25) is 14.4 Å². The van der Waals surface area contributed by atoms with Crippen LogP contribution in [0.15, 0.2) is 17.2 Å². The lowest BCUT2D eigenvalue weighted by atomic mass is 9.63. The van der Waals surface area contributed by atoms with E-state index in [0.717, 1.165) is 0 Å². The average molecular weight is 545 g/mol. The number of carbonyl (C=O) groups excluding carboxylic acids is 2. The molecule has 1 aromatic carbocycles. The first kappa shape index (κ1) is 26.5. The number of ketones is 2. The number of phenolic OH excluding ortho intramolecular Hbond substituents is 1. The molecule has 0 amide bonds. The Morgan fingerprint density at radius 1 is 1.13 bits per heavy atom. The number of aliphatic hydroxyl groups excluding tert-OH is 1. The lowest BCUT2D eigenvalue weighted by Gasteiger charge is -2.54. The number of hydrogen-bond acceptors (Lipinski definition) is 10. The Bertz CT molecular complexity index is 1300. The van der Waals surface area contributed by atoms with Crippen molar-refractivity contribution in [3.8, 4) is 5.75 Å². The number of aromatic hydroxyl groups is 1. The molecule has 2 bridgehead atoms. The van der Waals surface area contributed by atoms with Crippen LogP contribution >= 0.6 is 0 Å². The Hall–Kier alpha value is -2.67. The van der Waals surface area contributed by atoms with Gasteiger partial charge in [0.2, 0.25) is 0 Å². The maximum absolute atomic E-state index is 14.1. The molecular weight excluding hydrogens is 512 g/mol. The molecule has 6 aliphatic rings. The van der Waals surface area contributed by atoms with E-state index < -0.39 is 77.9 Å². The summed E-state index contributed by atoms with van der Waals surface area (Å²) in [6.07, 6.45) is -4.90. The van der Waals surface area contributed by atoms with Gasteiger partial charge in [-0.15, -0.1) is 0 Å². The van der Waals surface area contributed by atoms with Crippen LogP contribution in [0.1, 0.15) is 84.4 Å². The van der Waals surface area contributed by atoms with Gasteiger partial charge in [0, 0.05) is 35.1 Å². The molecule has 4 aliphatic heterocycles.